The number of hydrogen-bond donors (Lipinski definition) is 0. The molecule has 0 radical (unpaired) electrons. The molecular weight excluding hydrogens is 398 g/mol. The minimum absolute atomic E-state index is 0.184. The highest BCUT2D eigenvalue weighted by Gasteiger charge is 2.28. The molecule has 7 heteroatoms. The van der Waals surface area contributed by atoms with E-state index < -0.39 is 10.0 Å². The second-order valence-corrected chi connectivity index (χ2v) is 9.95. The van der Waals surface area contributed by atoms with Crippen LogP contribution >= 0.6 is 0 Å². The molecule has 0 aliphatic rings. The second-order valence-electron chi connectivity index (χ2n) is 8.18. The third-order valence-corrected chi connectivity index (χ3v) is 6.45. The Balaban J connectivity index is 2.20. The second kappa shape index (κ2) is 10.6. The highest BCUT2D eigenvalue weighted by atomic mass is 32.2. The number of amides is 1. The molecule has 0 spiro atoms. The first-order valence-corrected chi connectivity index (χ1v) is 11.7. The molecule has 1 amide bonds. The van der Waals surface area contributed by atoms with Gasteiger partial charge < -0.3 is 9.47 Å². The van der Waals surface area contributed by atoms with Crippen LogP contribution in [0.15, 0.2) is 54.1 Å². The van der Waals surface area contributed by atoms with E-state index in [1.54, 1.807) is 24.8 Å². The maximum Gasteiger partial charge on any atom is 0.238 e. The SMILES string of the molecule is CC(C)CN(Cc1cccn1C)C(=O)CN(C(C)C)S(=O)(=O)/C=C/c1ccccc1. The van der Waals surface area contributed by atoms with E-state index in [2.05, 4.69) is 0 Å². The van der Waals surface area contributed by atoms with E-state index in [9.17, 15) is 13.2 Å². The lowest BCUT2D eigenvalue weighted by atomic mass is 10.2. The Morgan fingerprint density at radius 2 is 1.73 bits per heavy atom. The molecule has 0 saturated heterocycles. The number of nitrogens with zero attached hydrogens (tertiary/aromatic N) is 3. The predicted octanol–water partition coefficient (Wildman–Crippen LogP) is 3.72. The summed E-state index contributed by atoms with van der Waals surface area (Å²) in [6, 6.07) is 12.8. The monoisotopic (exact) mass is 431 g/mol. The van der Waals surface area contributed by atoms with Gasteiger partial charge in [0.25, 0.3) is 0 Å². The quantitative estimate of drug-likeness (QED) is 0.576. The van der Waals surface area contributed by atoms with Crippen molar-refractivity contribution in [1.82, 2.24) is 13.8 Å². The Labute approximate surface area is 180 Å². The topological polar surface area (TPSA) is 62.6 Å². The van der Waals surface area contributed by atoms with Crippen molar-refractivity contribution in [2.75, 3.05) is 13.1 Å². The van der Waals surface area contributed by atoms with Gasteiger partial charge in [-0.15, -0.1) is 0 Å². The van der Waals surface area contributed by atoms with E-state index in [1.807, 2.05) is 74.1 Å². The lowest BCUT2D eigenvalue weighted by Gasteiger charge is -2.29. The molecule has 164 valence electrons. The van der Waals surface area contributed by atoms with Gasteiger partial charge in [0.2, 0.25) is 15.9 Å². The zero-order valence-electron chi connectivity index (χ0n) is 18.5. The average molecular weight is 432 g/mol. The van der Waals surface area contributed by atoms with Gasteiger partial charge in [-0.3, -0.25) is 4.79 Å². The van der Waals surface area contributed by atoms with Gasteiger partial charge in [0, 0.05) is 36.9 Å². The van der Waals surface area contributed by atoms with Crippen LogP contribution in [0.2, 0.25) is 0 Å². The Hall–Kier alpha value is -2.38. The number of benzene rings is 1. The molecule has 0 atom stereocenters. The summed E-state index contributed by atoms with van der Waals surface area (Å²) >= 11 is 0. The summed E-state index contributed by atoms with van der Waals surface area (Å²) < 4.78 is 29.2. The highest BCUT2D eigenvalue weighted by Crippen LogP contribution is 2.14. The zero-order chi connectivity index (χ0) is 22.3. The molecule has 1 aromatic carbocycles. The Morgan fingerprint density at radius 3 is 2.27 bits per heavy atom. The zero-order valence-corrected chi connectivity index (χ0v) is 19.3. The first-order valence-electron chi connectivity index (χ1n) is 10.2. The van der Waals surface area contributed by atoms with E-state index >= 15 is 0 Å². The van der Waals surface area contributed by atoms with E-state index in [0.29, 0.717) is 13.1 Å². The van der Waals surface area contributed by atoms with Crippen LogP contribution in [0.25, 0.3) is 6.08 Å². The Bertz CT molecular complexity index is 947. The molecule has 2 aromatic rings. The van der Waals surface area contributed by atoms with Crippen molar-refractivity contribution in [2.45, 2.75) is 40.3 Å². The summed E-state index contributed by atoms with van der Waals surface area (Å²) in [6.45, 7) is 8.49. The largest absolute Gasteiger partial charge is 0.353 e. The van der Waals surface area contributed by atoms with E-state index in [0.717, 1.165) is 11.3 Å². The van der Waals surface area contributed by atoms with Gasteiger partial charge >= 0.3 is 0 Å². The minimum atomic E-state index is -3.75. The molecule has 0 bridgehead atoms. The third kappa shape index (κ3) is 6.85. The first-order chi connectivity index (χ1) is 14.1. The number of carbonyl (C=O) groups excluding carboxylic acids is 1. The van der Waals surface area contributed by atoms with Gasteiger partial charge in [-0.2, -0.15) is 4.31 Å². The fourth-order valence-electron chi connectivity index (χ4n) is 3.16. The summed E-state index contributed by atoms with van der Waals surface area (Å²) in [6.07, 6.45) is 3.50. The molecule has 6 nitrogen and oxygen atoms in total. The molecule has 1 aromatic heterocycles. The molecule has 1 heterocycles. The smallest absolute Gasteiger partial charge is 0.238 e. The standard InChI is InChI=1S/C23H33N3O3S/c1-19(2)16-25(17-22-12-9-14-24(22)5)23(27)18-26(20(3)4)30(28,29)15-13-21-10-7-6-8-11-21/h6-15,19-20H,16-18H2,1-5H3/b15-13+. The van der Waals surface area contributed by atoms with Crippen LogP contribution < -0.4 is 0 Å². The maximum atomic E-state index is 13.1. The van der Waals surface area contributed by atoms with Gasteiger partial charge in [0.15, 0.2) is 0 Å². The molecule has 0 N–H and O–H groups in total. The number of aryl methyl sites for hydroxylation is 1. The van der Waals surface area contributed by atoms with Crippen molar-refractivity contribution in [2.24, 2.45) is 13.0 Å². The molecule has 2 rings (SSSR count). The molecule has 0 aliphatic carbocycles. The molecule has 0 unspecified atom stereocenters. The number of rotatable bonds is 10. The van der Waals surface area contributed by atoms with Crippen molar-refractivity contribution in [3.05, 3.63) is 65.3 Å². The lowest BCUT2D eigenvalue weighted by Crippen LogP contribution is -2.46. The summed E-state index contributed by atoms with van der Waals surface area (Å²) in [4.78, 5) is 14.9. The summed E-state index contributed by atoms with van der Waals surface area (Å²) in [5.41, 5.74) is 1.80. The fourth-order valence-corrected chi connectivity index (χ4v) is 4.52. The van der Waals surface area contributed by atoms with Gasteiger partial charge in [-0.1, -0.05) is 44.2 Å². The number of sulfonamides is 1. The van der Waals surface area contributed by atoms with Crippen molar-refractivity contribution in [3.63, 3.8) is 0 Å². The van der Waals surface area contributed by atoms with E-state index in [4.69, 9.17) is 0 Å². The summed E-state index contributed by atoms with van der Waals surface area (Å²) in [5.74, 6) is 0.0755. The van der Waals surface area contributed by atoms with Crippen LogP contribution in [-0.2, 0) is 28.4 Å². The third-order valence-electron chi connectivity index (χ3n) is 4.77. The van der Waals surface area contributed by atoms with Crippen LogP contribution in [-0.4, -0.2) is 47.2 Å². The van der Waals surface area contributed by atoms with Crippen LogP contribution in [0, 0.1) is 5.92 Å². The average Bonchev–Trinajstić information content (AvgIpc) is 3.08. The summed E-state index contributed by atoms with van der Waals surface area (Å²) in [7, 11) is -1.81. The summed E-state index contributed by atoms with van der Waals surface area (Å²) in [5, 5.41) is 1.18. The van der Waals surface area contributed by atoms with Crippen LogP contribution in [0.1, 0.15) is 39.0 Å². The number of aromatic nitrogens is 1. The van der Waals surface area contributed by atoms with Crippen molar-refractivity contribution in [3.8, 4) is 0 Å². The van der Waals surface area contributed by atoms with Gasteiger partial charge in [-0.25, -0.2) is 8.42 Å². The molecular formula is C23H33N3O3S. The van der Waals surface area contributed by atoms with Crippen LogP contribution in [0.5, 0.6) is 0 Å². The van der Waals surface area contributed by atoms with Gasteiger partial charge in [0.1, 0.15) is 0 Å². The van der Waals surface area contributed by atoms with Gasteiger partial charge in [-0.05, 0) is 43.5 Å². The maximum absolute atomic E-state index is 13.1. The molecule has 0 saturated carbocycles. The van der Waals surface area contributed by atoms with Crippen molar-refractivity contribution in [1.29, 1.82) is 0 Å². The Kier molecular flexibility index (Phi) is 8.43. The Morgan fingerprint density at radius 1 is 1.07 bits per heavy atom. The van der Waals surface area contributed by atoms with Crippen LogP contribution in [0.3, 0.4) is 0 Å². The first kappa shape index (κ1) is 23.9. The van der Waals surface area contributed by atoms with Gasteiger partial charge in [0.05, 0.1) is 13.1 Å². The number of carbonyl (C=O) groups is 1. The fraction of sp³-hybridized carbons (Fsp3) is 0.435. The van der Waals surface area contributed by atoms with Crippen molar-refractivity contribution >= 4 is 22.0 Å². The lowest BCUT2D eigenvalue weighted by molar-refractivity contribution is -0.132. The normalized spacial score (nSPS) is 12.4. The molecule has 0 fully saturated rings. The molecule has 30 heavy (non-hydrogen) atoms. The molecule has 0 aliphatic heterocycles. The minimum Gasteiger partial charge on any atom is -0.353 e. The van der Waals surface area contributed by atoms with Crippen LogP contribution in [0.4, 0.5) is 0 Å². The van der Waals surface area contributed by atoms with Crippen molar-refractivity contribution < 1.29 is 13.2 Å². The predicted molar refractivity (Wildman–Crippen MR) is 122 cm³/mol. The highest BCUT2D eigenvalue weighted by molar-refractivity contribution is 7.92. The van der Waals surface area contributed by atoms with E-state index in [1.165, 1.54) is 9.71 Å². The van der Waals surface area contributed by atoms with E-state index in [-0.39, 0.29) is 24.4 Å². The number of hydrogen-bond acceptors (Lipinski definition) is 3.